The fraction of sp³-hybridized carbons (Fsp3) is 0.238. The smallest absolute Gasteiger partial charge is 0.267 e. The van der Waals surface area contributed by atoms with E-state index in [0.717, 1.165) is 31.4 Å². The average molecular weight is 347 g/mol. The molecule has 1 amide bonds. The van der Waals surface area contributed by atoms with Crippen molar-refractivity contribution in [2.24, 2.45) is 0 Å². The van der Waals surface area contributed by atoms with Crippen molar-refractivity contribution in [2.45, 2.75) is 13.0 Å². The Labute approximate surface area is 151 Å². The Morgan fingerprint density at radius 3 is 2.73 bits per heavy atom. The third kappa shape index (κ3) is 3.39. The molecule has 0 radical (unpaired) electrons. The number of nitrogens with one attached hydrogen (secondary N) is 2. The van der Waals surface area contributed by atoms with E-state index in [9.17, 15) is 9.59 Å². The zero-order valence-electron chi connectivity index (χ0n) is 14.5. The topological polar surface area (TPSA) is 65.2 Å². The number of carbonyl (C=O) groups excluding carboxylic acids is 1. The minimum atomic E-state index is -0.245. The number of H-pyrrole nitrogens is 1. The number of aromatic amines is 1. The molecular formula is C21H21N3O2. The van der Waals surface area contributed by atoms with Gasteiger partial charge in [-0.3, -0.25) is 14.5 Å². The number of hydrogen-bond acceptors (Lipinski definition) is 3. The predicted molar refractivity (Wildman–Crippen MR) is 102 cm³/mol. The molecule has 0 atom stereocenters. The second kappa shape index (κ2) is 7.14. The lowest BCUT2D eigenvalue weighted by molar-refractivity contribution is 0.0942. The maximum Gasteiger partial charge on any atom is 0.267 e. The zero-order chi connectivity index (χ0) is 17.9. The van der Waals surface area contributed by atoms with E-state index in [0.29, 0.717) is 17.6 Å². The first kappa shape index (κ1) is 16.5. The van der Waals surface area contributed by atoms with Gasteiger partial charge in [0.05, 0.1) is 0 Å². The molecule has 2 heterocycles. The quantitative estimate of drug-likeness (QED) is 0.761. The van der Waals surface area contributed by atoms with Crippen LogP contribution in [0.3, 0.4) is 0 Å². The zero-order valence-corrected chi connectivity index (χ0v) is 14.5. The Balaban J connectivity index is 1.37. The van der Waals surface area contributed by atoms with E-state index in [4.69, 9.17) is 0 Å². The third-order valence-electron chi connectivity index (χ3n) is 4.92. The van der Waals surface area contributed by atoms with Gasteiger partial charge in [-0.2, -0.15) is 0 Å². The molecule has 1 aliphatic heterocycles. The largest absolute Gasteiger partial charge is 0.349 e. The van der Waals surface area contributed by atoms with Crippen molar-refractivity contribution in [3.05, 3.63) is 81.8 Å². The molecule has 4 rings (SSSR count). The molecule has 0 bridgehead atoms. The molecule has 2 aromatic carbocycles. The maximum absolute atomic E-state index is 12.4. The Bertz CT molecular complexity index is 1010. The molecule has 0 saturated carbocycles. The second-order valence-electron chi connectivity index (χ2n) is 6.65. The van der Waals surface area contributed by atoms with Gasteiger partial charge in [-0.25, -0.2) is 0 Å². The first-order chi connectivity index (χ1) is 12.7. The van der Waals surface area contributed by atoms with Crippen LogP contribution in [-0.4, -0.2) is 35.4 Å². The number of aromatic nitrogens is 1. The molecule has 2 N–H and O–H groups in total. The van der Waals surface area contributed by atoms with Crippen molar-refractivity contribution in [3.63, 3.8) is 0 Å². The van der Waals surface area contributed by atoms with E-state index in [-0.39, 0.29) is 11.5 Å². The van der Waals surface area contributed by atoms with Gasteiger partial charge >= 0.3 is 0 Å². The van der Waals surface area contributed by atoms with Gasteiger partial charge in [0, 0.05) is 31.6 Å². The van der Waals surface area contributed by atoms with Crippen LogP contribution in [0.25, 0.3) is 10.8 Å². The summed E-state index contributed by atoms with van der Waals surface area (Å²) < 4.78 is 0. The van der Waals surface area contributed by atoms with Crippen LogP contribution in [0, 0.1) is 0 Å². The van der Waals surface area contributed by atoms with Crippen molar-refractivity contribution in [3.8, 4) is 0 Å². The summed E-state index contributed by atoms with van der Waals surface area (Å²) in [6, 6.07) is 17.5. The highest BCUT2D eigenvalue weighted by atomic mass is 16.2. The van der Waals surface area contributed by atoms with E-state index in [1.54, 1.807) is 12.1 Å². The fourth-order valence-electron chi connectivity index (χ4n) is 3.50. The molecule has 132 valence electrons. The molecule has 0 aliphatic carbocycles. The van der Waals surface area contributed by atoms with Crippen LogP contribution in [-0.2, 0) is 13.0 Å². The van der Waals surface area contributed by atoms with Gasteiger partial charge in [0.1, 0.15) is 5.69 Å². The molecule has 1 aromatic heterocycles. The van der Waals surface area contributed by atoms with E-state index in [1.165, 1.54) is 11.1 Å². The van der Waals surface area contributed by atoms with Crippen LogP contribution >= 0.6 is 0 Å². The summed E-state index contributed by atoms with van der Waals surface area (Å²) in [4.78, 5) is 29.5. The monoisotopic (exact) mass is 347 g/mol. The van der Waals surface area contributed by atoms with Crippen LogP contribution in [0.2, 0.25) is 0 Å². The Morgan fingerprint density at radius 1 is 1.08 bits per heavy atom. The van der Waals surface area contributed by atoms with Gasteiger partial charge in [0.25, 0.3) is 11.5 Å². The highest BCUT2D eigenvalue weighted by molar-refractivity contribution is 5.96. The lowest BCUT2D eigenvalue weighted by Crippen LogP contribution is -2.38. The van der Waals surface area contributed by atoms with Crippen LogP contribution in [0.5, 0.6) is 0 Å². The first-order valence-corrected chi connectivity index (χ1v) is 8.90. The summed E-state index contributed by atoms with van der Waals surface area (Å²) >= 11 is 0. The van der Waals surface area contributed by atoms with Gasteiger partial charge in [-0.1, -0.05) is 42.5 Å². The summed E-state index contributed by atoms with van der Waals surface area (Å²) in [5.41, 5.74) is 2.85. The van der Waals surface area contributed by atoms with Gasteiger partial charge < -0.3 is 10.3 Å². The van der Waals surface area contributed by atoms with Crippen molar-refractivity contribution >= 4 is 16.7 Å². The van der Waals surface area contributed by atoms with Crippen molar-refractivity contribution in [2.75, 3.05) is 19.6 Å². The average Bonchev–Trinajstić information content (AvgIpc) is 2.68. The van der Waals surface area contributed by atoms with Gasteiger partial charge in [-0.15, -0.1) is 0 Å². The summed E-state index contributed by atoms with van der Waals surface area (Å²) in [5.74, 6) is -0.245. The number of fused-ring (bicyclic) bond motifs is 2. The number of carbonyl (C=O) groups is 1. The molecular weight excluding hydrogens is 326 g/mol. The van der Waals surface area contributed by atoms with Crippen LogP contribution in [0.15, 0.2) is 59.4 Å². The Morgan fingerprint density at radius 2 is 1.85 bits per heavy atom. The van der Waals surface area contributed by atoms with Crippen LogP contribution in [0.4, 0.5) is 0 Å². The lowest BCUT2D eigenvalue weighted by Gasteiger charge is -2.28. The number of nitrogens with zero attached hydrogens (tertiary/aromatic N) is 1. The van der Waals surface area contributed by atoms with Gasteiger partial charge in [0.2, 0.25) is 0 Å². The standard InChI is InChI=1S/C21H21N3O2/c25-20-18-8-4-3-6-16(18)13-19(23-20)21(26)22-10-12-24-11-9-15-5-1-2-7-17(15)14-24/h1-8,13H,9-12,14H2,(H,22,26)(H,23,25). The van der Waals surface area contributed by atoms with Crippen molar-refractivity contribution < 1.29 is 4.79 Å². The molecule has 0 saturated heterocycles. The summed E-state index contributed by atoms with van der Waals surface area (Å²) in [5, 5.41) is 4.28. The third-order valence-corrected chi connectivity index (χ3v) is 4.92. The molecule has 0 unspecified atom stereocenters. The number of amides is 1. The van der Waals surface area contributed by atoms with E-state index < -0.39 is 0 Å². The molecule has 1 aliphatic rings. The van der Waals surface area contributed by atoms with E-state index >= 15 is 0 Å². The highest BCUT2D eigenvalue weighted by Crippen LogP contribution is 2.17. The molecule has 5 heteroatoms. The van der Waals surface area contributed by atoms with Crippen LogP contribution < -0.4 is 10.9 Å². The number of hydrogen-bond donors (Lipinski definition) is 2. The minimum Gasteiger partial charge on any atom is -0.349 e. The van der Waals surface area contributed by atoms with Crippen LogP contribution in [0.1, 0.15) is 21.6 Å². The highest BCUT2D eigenvalue weighted by Gasteiger charge is 2.16. The molecule has 26 heavy (non-hydrogen) atoms. The molecule has 0 fully saturated rings. The fourth-order valence-corrected chi connectivity index (χ4v) is 3.50. The van der Waals surface area contributed by atoms with E-state index in [1.807, 2.05) is 18.2 Å². The normalized spacial score (nSPS) is 14.2. The van der Waals surface area contributed by atoms with Gasteiger partial charge in [-0.05, 0) is 35.1 Å². The molecule has 0 spiro atoms. The Kier molecular flexibility index (Phi) is 4.54. The number of rotatable bonds is 4. The summed E-state index contributed by atoms with van der Waals surface area (Å²) in [6.07, 6.45) is 1.04. The maximum atomic E-state index is 12.4. The predicted octanol–water partition coefficient (Wildman–Crippen LogP) is 2.32. The second-order valence-corrected chi connectivity index (χ2v) is 6.65. The van der Waals surface area contributed by atoms with Crippen molar-refractivity contribution in [1.29, 1.82) is 0 Å². The summed E-state index contributed by atoms with van der Waals surface area (Å²) in [6.45, 7) is 3.26. The number of benzene rings is 2. The minimum absolute atomic E-state index is 0.235. The Hall–Kier alpha value is -2.92. The molecule has 3 aromatic rings. The molecule has 5 nitrogen and oxygen atoms in total. The lowest BCUT2D eigenvalue weighted by atomic mass is 10.00. The number of pyridine rings is 1. The van der Waals surface area contributed by atoms with Gasteiger partial charge in [0.15, 0.2) is 0 Å². The van der Waals surface area contributed by atoms with Crippen molar-refractivity contribution in [1.82, 2.24) is 15.2 Å². The first-order valence-electron chi connectivity index (χ1n) is 8.90. The van der Waals surface area contributed by atoms with E-state index in [2.05, 4.69) is 39.5 Å². The summed E-state index contributed by atoms with van der Waals surface area (Å²) in [7, 11) is 0. The SMILES string of the molecule is O=C(NCCN1CCc2ccccc2C1)c1cc2ccccc2c(=O)[nH]1.